The number of hydrogen-bond acceptors (Lipinski definition) is 4. The molecule has 1 aliphatic heterocycles. The maximum absolute atomic E-state index is 12.5. The van der Waals surface area contributed by atoms with Crippen molar-refractivity contribution in [3.63, 3.8) is 0 Å². The molecule has 0 aliphatic carbocycles. The molecule has 0 saturated carbocycles. The first-order valence-corrected chi connectivity index (χ1v) is 7.03. The average Bonchev–Trinajstić information content (AvgIpc) is 3.11. The highest BCUT2D eigenvalue weighted by Gasteiger charge is 2.29. The second-order valence-corrected chi connectivity index (χ2v) is 5.25. The van der Waals surface area contributed by atoms with Crippen molar-refractivity contribution in [2.24, 2.45) is 5.10 Å². The number of hydrazone groups is 1. The summed E-state index contributed by atoms with van der Waals surface area (Å²) in [4.78, 5) is 23.7. The summed E-state index contributed by atoms with van der Waals surface area (Å²) in [5.41, 5.74) is 1.14. The molecule has 23 heavy (non-hydrogen) atoms. The van der Waals surface area contributed by atoms with Crippen LogP contribution in [0.25, 0.3) is 6.08 Å². The molecule has 1 N–H and O–H groups in total. The number of anilines is 1. The number of carboxylic acid groups (broad SMARTS) is 1. The predicted octanol–water partition coefficient (Wildman–Crippen LogP) is 3.44. The number of benzene rings is 1. The van der Waals surface area contributed by atoms with Gasteiger partial charge in [0.25, 0.3) is 5.91 Å². The van der Waals surface area contributed by atoms with Crippen LogP contribution in [0.5, 0.6) is 0 Å². The SMILES string of the molecule is CC1=NN(c2ccc(Cl)c(C(=O)O)c2)C(=O)C1=Cc1ccco1. The largest absolute Gasteiger partial charge is 0.478 e. The Morgan fingerprint density at radius 1 is 1.39 bits per heavy atom. The molecule has 1 amide bonds. The molecule has 0 spiro atoms. The molecule has 0 fully saturated rings. The summed E-state index contributed by atoms with van der Waals surface area (Å²) in [5.74, 6) is -1.000. The van der Waals surface area contributed by atoms with Gasteiger partial charge in [-0.2, -0.15) is 10.1 Å². The van der Waals surface area contributed by atoms with Crippen molar-refractivity contribution in [3.05, 3.63) is 58.5 Å². The summed E-state index contributed by atoms with van der Waals surface area (Å²) < 4.78 is 5.20. The number of hydrogen-bond donors (Lipinski definition) is 1. The number of halogens is 1. The van der Waals surface area contributed by atoms with Crippen molar-refractivity contribution in [2.75, 3.05) is 5.01 Å². The van der Waals surface area contributed by atoms with Crippen LogP contribution >= 0.6 is 11.6 Å². The van der Waals surface area contributed by atoms with E-state index in [-0.39, 0.29) is 16.5 Å². The van der Waals surface area contributed by atoms with E-state index in [0.29, 0.717) is 22.7 Å². The molecule has 6 nitrogen and oxygen atoms in total. The average molecular weight is 331 g/mol. The predicted molar refractivity (Wildman–Crippen MR) is 85.7 cm³/mol. The maximum Gasteiger partial charge on any atom is 0.337 e. The molecule has 0 atom stereocenters. The third-order valence-electron chi connectivity index (χ3n) is 3.32. The number of aromatic carboxylic acids is 1. The first kappa shape index (κ1) is 15.1. The number of carbonyl (C=O) groups excluding carboxylic acids is 1. The van der Waals surface area contributed by atoms with Gasteiger partial charge in [0.2, 0.25) is 0 Å². The first-order chi connectivity index (χ1) is 11.0. The van der Waals surface area contributed by atoms with E-state index < -0.39 is 5.97 Å². The van der Waals surface area contributed by atoms with Gasteiger partial charge in [-0.05, 0) is 43.3 Å². The van der Waals surface area contributed by atoms with Gasteiger partial charge in [0, 0.05) is 0 Å². The van der Waals surface area contributed by atoms with E-state index in [1.807, 2.05) is 0 Å². The van der Waals surface area contributed by atoms with Gasteiger partial charge in [-0.15, -0.1) is 0 Å². The van der Waals surface area contributed by atoms with E-state index in [2.05, 4.69) is 5.10 Å². The van der Waals surface area contributed by atoms with Gasteiger partial charge in [-0.3, -0.25) is 4.79 Å². The minimum Gasteiger partial charge on any atom is -0.478 e. The van der Waals surface area contributed by atoms with E-state index in [4.69, 9.17) is 21.1 Å². The Hall–Kier alpha value is -2.86. The summed E-state index contributed by atoms with van der Waals surface area (Å²) in [6.45, 7) is 1.70. The van der Waals surface area contributed by atoms with Crippen LogP contribution in [0.1, 0.15) is 23.0 Å². The van der Waals surface area contributed by atoms with Gasteiger partial charge in [0.05, 0.1) is 33.8 Å². The van der Waals surface area contributed by atoms with Crippen molar-refractivity contribution in [2.45, 2.75) is 6.92 Å². The molecular formula is C16H11ClN2O4. The van der Waals surface area contributed by atoms with Crippen molar-refractivity contribution in [1.29, 1.82) is 0 Å². The number of rotatable bonds is 3. The maximum atomic E-state index is 12.5. The van der Waals surface area contributed by atoms with E-state index in [9.17, 15) is 9.59 Å². The fourth-order valence-corrected chi connectivity index (χ4v) is 2.38. The Bertz CT molecular complexity index is 853. The quantitative estimate of drug-likeness (QED) is 0.874. The summed E-state index contributed by atoms with van der Waals surface area (Å²) in [5, 5.41) is 14.6. The number of carbonyl (C=O) groups is 2. The van der Waals surface area contributed by atoms with E-state index >= 15 is 0 Å². The lowest BCUT2D eigenvalue weighted by Gasteiger charge is -2.12. The van der Waals surface area contributed by atoms with Crippen LogP contribution < -0.4 is 5.01 Å². The van der Waals surface area contributed by atoms with Gasteiger partial charge in [0.15, 0.2) is 0 Å². The van der Waals surface area contributed by atoms with Crippen molar-refractivity contribution < 1.29 is 19.1 Å². The third kappa shape index (κ3) is 2.76. The standard InChI is InChI=1S/C16H11ClN2O4/c1-9-12(8-11-3-2-6-23-11)15(20)19(18-9)10-4-5-14(17)13(7-10)16(21)22/h2-8H,1H3,(H,21,22). The van der Waals surface area contributed by atoms with Crippen LogP contribution in [0.4, 0.5) is 5.69 Å². The number of nitrogens with zero attached hydrogens (tertiary/aromatic N) is 2. The van der Waals surface area contributed by atoms with Crippen molar-refractivity contribution >= 4 is 41.0 Å². The third-order valence-corrected chi connectivity index (χ3v) is 3.65. The molecule has 0 bridgehead atoms. The van der Waals surface area contributed by atoms with Crippen LogP contribution in [0.15, 0.2) is 51.7 Å². The van der Waals surface area contributed by atoms with Gasteiger partial charge >= 0.3 is 5.97 Å². The molecule has 0 radical (unpaired) electrons. The van der Waals surface area contributed by atoms with Gasteiger partial charge < -0.3 is 9.52 Å². The Labute approximate surface area is 136 Å². The summed E-state index contributed by atoms with van der Waals surface area (Å²) in [7, 11) is 0. The zero-order valence-electron chi connectivity index (χ0n) is 12.0. The van der Waals surface area contributed by atoms with Crippen LogP contribution in [0, 0.1) is 0 Å². The molecule has 1 aromatic heterocycles. The molecule has 116 valence electrons. The second kappa shape index (κ2) is 5.73. The first-order valence-electron chi connectivity index (χ1n) is 6.65. The summed E-state index contributed by atoms with van der Waals surface area (Å²) >= 11 is 5.84. The van der Waals surface area contributed by atoms with Crippen molar-refractivity contribution in [3.8, 4) is 0 Å². The molecule has 7 heteroatoms. The van der Waals surface area contributed by atoms with Crippen LogP contribution in [0.3, 0.4) is 0 Å². The van der Waals surface area contributed by atoms with Crippen molar-refractivity contribution in [1.82, 2.24) is 0 Å². The topological polar surface area (TPSA) is 83.1 Å². The zero-order chi connectivity index (χ0) is 16.6. The monoisotopic (exact) mass is 330 g/mol. The highest BCUT2D eigenvalue weighted by molar-refractivity contribution is 6.34. The van der Waals surface area contributed by atoms with Gasteiger partial charge in [-0.25, -0.2) is 4.79 Å². The van der Waals surface area contributed by atoms with Gasteiger partial charge in [0.1, 0.15) is 5.76 Å². The van der Waals surface area contributed by atoms with Crippen LogP contribution in [-0.4, -0.2) is 22.7 Å². The lowest BCUT2D eigenvalue weighted by atomic mass is 10.1. The molecule has 2 aromatic rings. The molecule has 1 aliphatic rings. The molecule has 3 rings (SSSR count). The second-order valence-electron chi connectivity index (χ2n) is 4.85. The lowest BCUT2D eigenvalue weighted by molar-refractivity contribution is -0.114. The molecule has 2 heterocycles. The Morgan fingerprint density at radius 3 is 2.83 bits per heavy atom. The molecule has 0 unspecified atom stereocenters. The Balaban J connectivity index is 1.98. The normalized spacial score (nSPS) is 16.1. The van der Waals surface area contributed by atoms with E-state index in [1.54, 1.807) is 31.2 Å². The molecular weight excluding hydrogens is 320 g/mol. The lowest BCUT2D eigenvalue weighted by Crippen LogP contribution is -2.21. The summed E-state index contributed by atoms with van der Waals surface area (Å²) in [6, 6.07) is 7.72. The van der Waals surface area contributed by atoms with Gasteiger partial charge in [-0.1, -0.05) is 11.6 Å². The number of furan rings is 1. The minimum atomic E-state index is -1.17. The Morgan fingerprint density at radius 2 is 2.17 bits per heavy atom. The zero-order valence-corrected chi connectivity index (χ0v) is 12.7. The fraction of sp³-hybridized carbons (Fsp3) is 0.0625. The Kier molecular flexibility index (Phi) is 3.75. The highest BCUT2D eigenvalue weighted by atomic mass is 35.5. The van der Waals surface area contributed by atoms with E-state index in [0.717, 1.165) is 5.01 Å². The van der Waals surface area contributed by atoms with Crippen LogP contribution in [0.2, 0.25) is 5.02 Å². The molecule has 1 aromatic carbocycles. The number of carboxylic acids is 1. The summed E-state index contributed by atoms with van der Waals surface area (Å²) in [6.07, 6.45) is 3.10. The molecule has 0 saturated heterocycles. The smallest absolute Gasteiger partial charge is 0.337 e. The van der Waals surface area contributed by atoms with E-state index in [1.165, 1.54) is 18.4 Å². The number of amides is 1. The van der Waals surface area contributed by atoms with Crippen LogP contribution in [-0.2, 0) is 4.79 Å². The minimum absolute atomic E-state index is 0.0896. The highest BCUT2D eigenvalue weighted by Crippen LogP contribution is 2.28. The fourth-order valence-electron chi connectivity index (χ4n) is 2.18.